The molecule has 1 aromatic carbocycles. The Morgan fingerprint density at radius 2 is 2.04 bits per heavy atom. The fraction of sp³-hybridized carbons (Fsp3) is 0.286. The molecule has 2 amide bonds. The van der Waals surface area contributed by atoms with E-state index in [9.17, 15) is 9.59 Å². The molecule has 1 saturated carbocycles. The summed E-state index contributed by atoms with van der Waals surface area (Å²) in [7, 11) is 0. The van der Waals surface area contributed by atoms with Crippen LogP contribution >= 0.6 is 11.6 Å². The summed E-state index contributed by atoms with van der Waals surface area (Å²) in [5.74, 6) is 5.46. The highest BCUT2D eigenvalue weighted by Crippen LogP contribution is 2.31. The molecule has 1 aliphatic carbocycles. The Hall–Kier alpha value is -2.84. The molecule has 2 aromatic rings. The molecule has 0 spiro atoms. The van der Waals surface area contributed by atoms with Crippen molar-refractivity contribution in [3.05, 3.63) is 47.1 Å². The summed E-state index contributed by atoms with van der Waals surface area (Å²) in [5.41, 5.74) is 2.72. The summed E-state index contributed by atoms with van der Waals surface area (Å²) in [6.45, 7) is 3.57. The van der Waals surface area contributed by atoms with Crippen LogP contribution in [0.3, 0.4) is 0 Å². The molecule has 1 fully saturated rings. The van der Waals surface area contributed by atoms with Crippen molar-refractivity contribution in [1.82, 2.24) is 9.88 Å². The Morgan fingerprint density at radius 1 is 1.26 bits per heavy atom. The van der Waals surface area contributed by atoms with Gasteiger partial charge >= 0.3 is 0 Å². The van der Waals surface area contributed by atoms with Crippen LogP contribution in [0.25, 0.3) is 11.1 Å². The van der Waals surface area contributed by atoms with Crippen molar-refractivity contribution in [2.24, 2.45) is 0 Å². The largest absolute Gasteiger partial charge is 0.325 e. The number of halogens is 1. The van der Waals surface area contributed by atoms with Crippen molar-refractivity contribution >= 4 is 29.2 Å². The van der Waals surface area contributed by atoms with Gasteiger partial charge in [0.15, 0.2) is 0 Å². The molecule has 6 heteroatoms. The van der Waals surface area contributed by atoms with Crippen molar-refractivity contribution in [3.63, 3.8) is 0 Å². The second-order valence-corrected chi connectivity index (χ2v) is 6.93. The summed E-state index contributed by atoms with van der Waals surface area (Å²) in [6.07, 6.45) is 3.65. The molecule has 27 heavy (non-hydrogen) atoms. The molecule has 1 aromatic heterocycles. The van der Waals surface area contributed by atoms with E-state index >= 15 is 0 Å². The van der Waals surface area contributed by atoms with E-state index in [1.165, 1.54) is 6.92 Å². The van der Waals surface area contributed by atoms with Gasteiger partial charge < -0.3 is 10.2 Å². The SMILES string of the molecule is CC#CC(=O)N(Cc1cc(Cl)cc(-c2ccnc(NC(C)=O)c2)c1)C1CC1. The zero-order valence-electron chi connectivity index (χ0n) is 15.3. The predicted octanol–water partition coefficient (Wildman–Crippen LogP) is 3.87. The van der Waals surface area contributed by atoms with Crippen LogP contribution in [0.1, 0.15) is 32.3 Å². The fourth-order valence-electron chi connectivity index (χ4n) is 2.90. The topological polar surface area (TPSA) is 62.3 Å². The van der Waals surface area contributed by atoms with Crippen LogP contribution in [-0.4, -0.2) is 27.7 Å². The van der Waals surface area contributed by atoms with Gasteiger partial charge in [0, 0.05) is 30.7 Å². The number of hydrogen-bond donors (Lipinski definition) is 1. The fourth-order valence-corrected chi connectivity index (χ4v) is 3.15. The summed E-state index contributed by atoms with van der Waals surface area (Å²) in [4.78, 5) is 29.5. The highest BCUT2D eigenvalue weighted by Gasteiger charge is 2.32. The third kappa shape index (κ3) is 5.08. The van der Waals surface area contributed by atoms with Crippen molar-refractivity contribution < 1.29 is 9.59 Å². The second kappa shape index (κ2) is 8.24. The van der Waals surface area contributed by atoms with Gasteiger partial charge in [0.2, 0.25) is 5.91 Å². The van der Waals surface area contributed by atoms with Crippen LogP contribution in [0.5, 0.6) is 0 Å². The number of aromatic nitrogens is 1. The van der Waals surface area contributed by atoms with E-state index in [4.69, 9.17) is 11.6 Å². The van der Waals surface area contributed by atoms with Crippen LogP contribution in [0, 0.1) is 11.8 Å². The average Bonchev–Trinajstić information content (AvgIpc) is 3.44. The van der Waals surface area contributed by atoms with Gasteiger partial charge in [-0.1, -0.05) is 17.5 Å². The van der Waals surface area contributed by atoms with E-state index in [1.54, 1.807) is 24.1 Å². The van der Waals surface area contributed by atoms with E-state index in [2.05, 4.69) is 22.1 Å². The van der Waals surface area contributed by atoms with Gasteiger partial charge in [-0.15, -0.1) is 0 Å². The average molecular weight is 382 g/mol. The number of nitrogens with one attached hydrogen (secondary N) is 1. The summed E-state index contributed by atoms with van der Waals surface area (Å²) < 4.78 is 0. The number of carbonyl (C=O) groups excluding carboxylic acids is 2. The summed E-state index contributed by atoms with van der Waals surface area (Å²) >= 11 is 6.33. The number of amides is 2. The van der Waals surface area contributed by atoms with Crippen LogP contribution in [0.15, 0.2) is 36.5 Å². The minimum atomic E-state index is -0.179. The maximum atomic E-state index is 12.3. The molecule has 1 heterocycles. The smallest absolute Gasteiger partial charge is 0.299 e. The lowest BCUT2D eigenvalue weighted by Gasteiger charge is -2.20. The van der Waals surface area contributed by atoms with E-state index in [0.717, 1.165) is 29.5 Å². The maximum Gasteiger partial charge on any atom is 0.299 e. The molecule has 1 aliphatic rings. The Labute approximate surface area is 163 Å². The number of nitrogens with zero attached hydrogens (tertiary/aromatic N) is 2. The number of anilines is 1. The first-order chi connectivity index (χ1) is 13.0. The zero-order valence-corrected chi connectivity index (χ0v) is 16.0. The summed E-state index contributed by atoms with van der Waals surface area (Å²) in [6, 6.07) is 9.63. The number of pyridine rings is 1. The Bertz CT molecular complexity index is 942. The van der Waals surface area contributed by atoms with Gasteiger partial charge in [0.25, 0.3) is 5.91 Å². The molecule has 0 saturated heterocycles. The monoisotopic (exact) mass is 381 g/mol. The molecular formula is C21H20ClN3O2. The van der Waals surface area contributed by atoms with Gasteiger partial charge in [-0.2, -0.15) is 0 Å². The first-order valence-corrected chi connectivity index (χ1v) is 9.11. The van der Waals surface area contributed by atoms with E-state index in [-0.39, 0.29) is 17.9 Å². The predicted molar refractivity (Wildman–Crippen MR) is 106 cm³/mol. The zero-order chi connectivity index (χ0) is 19.4. The van der Waals surface area contributed by atoms with Crippen LogP contribution in [0.4, 0.5) is 5.82 Å². The van der Waals surface area contributed by atoms with Gasteiger partial charge in [-0.25, -0.2) is 4.98 Å². The molecule has 5 nitrogen and oxygen atoms in total. The maximum absolute atomic E-state index is 12.3. The number of rotatable bonds is 5. The van der Waals surface area contributed by atoms with E-state index in [0.29, 0.717) is 17.4 Å². The lowest BCUT2D eigenvalue weighted by atomic mass is 10.0. The molecule has 0 radical (unpaired) electrons. The highest BCUT2D eigenvalue weighted by atomic mass is 35.5. The molecule has 1 N–H and O–H groups in total. The number of carbonyl (C=O) groups is 2. The Morgan fingerprint density at radius 3 is 2.70 bits per heavy atom. The molecular weight excluding hydrogens is 362 g/mol. The van der Waals surface area contributed by atoms with Crippen LogP contribution in [0.2, 0.25) is 5.02 Å². The van der Waals surface area contributed by atoms with E-state index < -0.39 is 0 Å². The van der Waals surface area contributed by atoms with Crippen molar-refractivity contribution in [2.45, 2.75) is 39.3 Å². The van der Waals surface area contributed by atoms with Crippen LogP contribution in [-0.2, 0) is 16.1 Å². The van der Waals surface area contributed by atoms with Crippen molar-refractivity contribution in [1.29, 1.82) is 0 Å². The van der Waals surface area contributed by atoms with Crippen molar-refractivity contribution in [3.8, 4) is 23.0 Å². The molecule has 0 aliphatic heterocycles. The van der Waals surface area contributed by atoms with Crippen LogP contribution < -0.4 is 5.32 Å². The van der Waals surface area contributed by atoms with E-state index in [1.807, 2.05) is 24.3 Å². The molecule has 0 bridgehead atoms. The van der Waals surface area contributed by atoms with Crippen molar-refractivity contribution in [2.75, 3.05) is 5.32 Å². The number of hydrogen-bond acceptors (Lipinski definition) is 3. The summed E-state index contributed by atoms with van der Waals surface area (Å²) in [5, 5.41) is 3.27. The molecule has 138 valence electrons. The number of benzene rings is 1. The Kier molecular flexibility index (Phi) is 5.78. The normalized spacial score (nSPS) is 12.7. The van der Waals surface area contributed by atoms with Gasteiger partial charge in [-0.05, 0) is 72.7 Å². The minimum absolute atomic E-state index is 0.154. The lowest BCUT2D eigenvalue weighted by Crippen LogP contribution is -2.31. The first-order valence-electron chi connectivity index (χ1n) is 8.73. The van der Waals surface area contributed by atoms with Gasteiger partial charge in [0.1, 0.15) is 5.82 Å². The minimum Gasteiger partial charge on any atom is -0.325 e. The highest BCUT2D eigenvalue weighted by molar-refractivity contribution is 6.31. The molecule has 0 unspecified atom stereocenters. The molecule has 3 rings (SSSR count). The third-order valence-electron chi connectivity index (χ3n) is 4.19. The molecule has 0 atom stereocenters. The van der Waals surface area contributed by atoms with Gasteiger partial charge in [-0.3, -0.25) is 9.59 Å². The first kappa shape index (κ1) is 18.9. The quantitative estimate of drug-likeness (QED) is 0.799. The lowest BCUT2D eigenvalue weighted by molar-refractivity contribution is -0.126. The van der Waals surface area contributed by atoms with Gasteiger partial charge in [0.05, 0.1) is 0 Å². The standard InChI is InChI=1S/C21H20ClN3O2/c1-3-4-21(27)25(19-5-6-19)13-15-9-17(11-18(22)10-15)16-7-8-23-20(12-16)24-14(2)26/h7-12,19H,5-6,13H2,1-2H3,(H,23,24,26). The Balaban J connectivity index is 1.89. The second-order valence-electron chi connectivity index (χ2n) is 6.50. The third-order valence-corrected chi connectivity index (χ3v) is 4.41.